The third-order valence-electron chi connectivity index (χ3n) is 3.52. The van der Waals surface area contributed by atoms with Crippen molar-refractivity contribution in [3.05, 3.63) is 58.6 Å². The van der Waals surface area contributed by atoms with E-state index >= 15 is 0 Å². The molecule has 7 nitrogen and oxygen atoms in total. The van der Waals surface area contributed by atoms with E-state index in [-0.39, 0.29) is 11.8 Å². The molecule has 7 heteroatoms. The van der Waals surface area contributed by atoms with E-state index in [4.69, 9.17) is 4.42 Å². The van der Waals surface area contributed by atoms with Crippen molar-refractivity contribution < 1.29 is 14.0 Å². The Morgan fingerprint density at radius 2 is 1.67 bits per heavy atom. The van der Waals surface area contributed by atoms with Gasteiger partial charge in [0, 0.05) is 37.0 Å². The van der Waals surface area contributed by atoms with Crippen LogP contribution in [0.2, 0.25) is 0 Å². The van der Waals surface area contributed by atoms with Crippen molar-refractivity contribution in [2.45, 2.75) is 6.92 Å². The summed E-state index contributed by atoms with van der Waals surface area (Å²) in [4.78, 5) is 34.7. The fraction of sp³-hybridized carbons (Fsp3) is 0.118. The van der Waals surface area contributed by atoms with E-state index in [1.807, 2.05) is 0 Å². The van der Waals surface area contributed by atoms with Gasteiger partial charge in [-0.1, -0.05) is 0 Å². The zero-order valence-corrected chi connectivity index (χ0v) is 13.1. The summed E-state index contributed by atoms with van der Waals surface area (Å²) in [6.07, 6.45) is 0. The molecule has 0 unspecified atom stereocenters. The Balaban J connectivity index is 1.79. The third kappa shape index (κ3) is 3.05. The molecule has 0 aliphatic heterocycles. The van der Waals surface area contributed by atoms with Gasteiger partial charge in [-0.2, -0.15) is 0 Å². The van der Waals surface area contributed by atoms with Crippen LogP contribution >= 0.6 is 0 Å². The largest absolute Gasteiger partial charge is 0.419 e. The smallest absolute Gasteiger partial charge is 0.408 e. The predicted molar refractivity (Wildman–Crippen MR) is 90.2 cm³/mol. The highest BCUT2D eigenvalue weighted by Gasteiger charge is 2.10. The van der Waals surface area contributed by atoms with Crippen LogP contribution in [0.15, 0.2) is 51.7 Å². The fourth-order valence-corrected chi connectivity index (χ4v) is 2.32. The number of aryl methyl sites for hydroxylation is 1. The topological polar surface area (TPSA) is 93.3 Å². The normalized spacial score (nSPS) is 10.6. The van der Waals surface area contributed by atoms with Crippen molar-refractivity contribution in [1.82, 2.24) is 4.57 Å². The van der Waals surface area contributed by atoms with Crippen molar-refractivity contribution in [1.29, 1.82) is 0 Å². The van der Waals surface area contributed by atoms with Gasteiger partial charge in [0.2, 0.25) is 5.91 Å². The molecule has 0 saturated heterocycles. The van der Waals surface area contributed by atoms with Crippen molar-refractivity contribution in [3.63, 3.8) is 0 Å². The number of benzene rings is 2. The van der Waals surface area contributed by atoms with E-state index in [0.717, 1.165) is 0 Å². The molecule has 1 heterocycles. The highest BCUT2D eigenvalue weighted by molar-refractivity contribution is 6.05. The Hall–Kier alpha value is -3.35. The molecule has 122 valence electrons. The zero-order valence-electron chi connectivity index (χ0n) is 13.1. The Bertz CT molecular complexity index is 983. The molecule has 0 aliphatic carbocycles. The van der Waals surface area contributed by atoms with Gasteiger partial charge >= 0.3 is 5.76 Å². The summed E-state index contributed by atoms with van der Waals surface area (Å²) < 4.78 is 6.49. The van der Waals surface area contributed by atoms with Crippen LogP contribution in [0.5, 0.6) is 0 Å². The molecule has 0 saturated carbocycles. The van der Waals surface area contributed by atoms with Crippen LogP contribution in [0.1, 0.15) is 17.3 Å². The van der Waals surface area contributed by atoms with Crippen LogP contribution in [0.25, 0.3) is 11.1 Å². The lowest BCUT2D eigenvalue weighted by Crippen LogP contribution is -2.12. The first-order valence-corrected chi connectivity index (χ1v) is 7.22. The molecule has 1 aromatic heterocycles. The summed E-state index contributed by atoms with van der Waals surface area (Å²) in [6, 6.07) is 11.5. The van der Waals surface area contributed by atoms with Crippen LogP contribution in [0.3, 0.4) is 0 Å². The number of carbonyl (C=O) groups is 2. The van der Waals surface area contributed by atoms with Gasteiger partial charge in [-0.25, -0.2) is 4.79 Å². The number of hydrogen-bond acceptors (Lipinski definition) is 4. The highest BCUT2D eigenvalue weighted by Crippen LogP contribution is 2.19. The molecule has 0 atom stereocenters. The summed E-state index contributed by atoms with van der Waals surface area (Å²) in [5, 5.41) is 5.38. The van der Waals surface area contributed by atoms with Gasteiger partial charge in [0.15, 0.2) is 5.58 Å². The quantitative estimate of drug-likeness (QED) is 0.773. The highest BCUT2D eigenvalue weighted by atomic mass is 16.4. The maximum atomic E-state index is 12.3. The summed E-state index contributed by atoms with van der Waals surface area (Å²) in [5.41, 5.74) is 2.64. The second kappa shape index (κ2) is 6.04. The maximum Gasteiger partial charge on any atom is 0.419 e. The summed E-state index contributed by atoms with van der Waals surface area (Å²) in [6.45, 7) is 1.42. The minimum atomic E-state index is -0.456. The van der Waals surface area contributed by atoms with E-state index in [0.29, 0.717) is 28.0 Å². The Morgan fingerprint density at radius 1 is 1.00 bits per heavy atom. The van der Waals surface area contributed by atoms with Gasteiger partial charge in [-0.05, 0) is 36.4 Å². The molecule has 24 heavy (non-hydrogen) atoms. The molecule has 0 fully saturated rings. The molecular weight excluding hydrogens is 310 g/mol. The number of amides is 2. The Kier molecular flexibility index (Phi) is 3.91. The molecule has 3 aromatic rings. The molecule has 0 bridgehead atoms. The first-order chi connectivity index (χ1) is 11.4. The lowest BCUT2D eigenvalue weighted by molar-refractivity contribution is -0.114. The Morgan fingerprint density at radius 3 is 2.33 bits per heavy atom. The van der Waals surface area contributed by atoms with Gasteiger partial charge in [0.1, 0.15) is 0 Å². The summed E-state index contributed by atoms with van der Waals surface area (Å²) in [7, 11) is 1.61. The number of aromatic nitrogens is 1. The van der Waals surface area contributed by atoms with Crippen molar-refractivity contribution in [2.24, 2.45) is 7.05 Å². The molecule has 2 amide bonds. The number of nitrogens with zero attached hydrogens (tertiary/aromatic N) is 1. The van der Waals surface area contributed by atoms with Crippen LogP contribution in [0.4, 0.5) is 11.4 Å². The van der Waals surface area contributed by atoms with Crippen molar-refractivity contribution >= 4 is 34.3 Å². The van der Waals surface area contributed by atoms with E-state index in [2.05, 4.69) is 10.6 Å². The lowest BCUT2D eigenvalue weighted by Gasteiger charge is -2.06. The minimum absolute atomic E-state index is 0.176. The predicted octanol–water partition coefficient (Wildman–Crippen LogP) is 2.34. The lowest BCUT2D eigenvalue weighted by atomic mass is 10.2. The van der Waals surface area contributed by atoms with Gasteiger partial charge in [0.05, 0.1) is 5.52 Å². The first kappa shape index (κ1) is 15.5. The van der Waals surface area contributed by atoms with Crippen LogP contribution in [-0.2, 0) is 11.8 Å². The number of hydrogen-bond donors (Lipinski definition) is 2. The number of fused-ring (bicyclic) bond motifs is 1. The SMILES string of the molecule is CC(=O)Nc1ccc(C(=O)Nc2ccc3c(c2)oc(=O)n3C)cc1. The zero-order chi connectivity index (χ0) is 17.3. The molecule has 3 rings (SSSR count). The Labute approximate surface area is 136 Å². The van der Waals surface area contributed by atoms with E-state index in [9.17, 15) is 14.4 Å². The third-order valence-corrected chi connectivity index (χ3v) is 3.52. The minimum Gasteiger partial charge on any atom is -0.408 e. The monoisotopic (exact) mass is 325 g/mol. The van der Waals surface area contributed by atoms with Crippen molar-refractivity contribution in [3.8, 4) is 0 Å². The molecule has 0 radical (unpaired) electrons. The standard InChI is InChI=1S/C17H15N3O4/c1-10(21)18-12-5-3-11(4-6-12)16(22)19-13-7-8-14-15(9-13)24-17(23)20(14)2/h3-9H,1-2H3,(H,18,21)(H,19,22). The van der Waals surface area contributed by atoms with Gasteiger partial charge in [0.25, 0.3) is 5.91 Å². The van der Waals surface area contributed by atoms with Gasteiger partial charge < -0.3 is 15.1 Å². The van der Waals surface area contributed by atoms with E-state index in [1.54, 1.807) is 49.5 Å². The van der Waals surface area contributed by atoms with Crippen LogP contribution in [0, 0.1) is 0 Å². The van der Waals surface area contributed by atoms with E-state index < -0.39 is 5.76 Å². The molecular formula is C17H15N3O4. The second-order valence-electron chi connectivity index (χ2n) is 5.32. The van der Waals surface area contributed by atoms with Gasteiger partial charge in [-0.15, -0.1) is 0 Å². The molecule has 0 spiro atoms. The molecule has 0 aliphatic rings. The average molecular weight is 325 g/mol. The summed E-state index contributed by atoms with van der Waals surface area (Å²) in [5.74, 6) is -0.936. The number of carbonyl (C=O) groups excluding carboxylic acids is 2. The first-order valence-electron chi connectivity index (χ1n) is 7.22. The van der Waals surface area contributed by atoms with Crippen LogP contribution < -0.4 is 16.4 Å². The number of rotatable bonds is 3. The number of oxazole rings is 1. The number of nitrogens with one attached hydrogen (secondary N) is 2. The molecule has 2 N–H and O–H groups in total. The summed E-state index contributed by atoms with van der Waals surface area (Å²) >= 11 is 0. The molecule has 2 aromatic carbocycles. The van der Waals surface area contributed by atoms with Crippen molar-refractivity contribution in [2.75, 3.05) is 10.6 Å². The fourth-order valence-electron chi connectivity index (χ4n) is 2.32. The second-order valence-corrected chi connectivity index (χ2v) is 5.32. The number of anilines is 2. The van der Waals surface area contributed by atoms with Crippen LogP contribution in [-0.4, -0.2) is 16.4 Å². The maximum absolute atomic E-state index is 12.3. The van der Waals surface area contributed by atoms with E-state index in [1.165, 1.54) is 11.5 Å². The van der Waals surface area contributed by atoms with Gasteiger partial charge in [-0.3, -0.25) is 14.2 Å². The average Bonchev–Trinajstić information content (AvgIpc) is 2.81.